The van der Waals surface area contributed by atoms with Crippen LogP contribution in [0.3, 0.4) is 0 Å². The Balaban J connectivity index is 1.37. The summed E-state index contributed by atoms with van der Waals surface area (Å²) >= 11 is 0. The van der Waals surface area contributed by atoms with E-state index in [0.29, 0.717) is 36.8 Å². The number of ether oxygens (including phenoxy) is 2. The Morgan fingerprint density at radius 3 is 2.12 bits per heavy atom. The van der Waals surface area contributed by atoms with E-state index in [9.17, 15) is 9.18 Å². The van der Waals surface area contributed by atoms with E-state index in [4.69, 9.17) is 13.9 Å². The Bertz CT molecular complexity index is 814. The van der Waals surface area contributed by atoms with Gasteiger partial charge in [0.2, 0.25) is 0 Å². The highest BCUT2D eigenvalue weighted by atomic mass is 19.1. The van der Waals surface area contributed by atoms with Crippen molar-refractivity contribution >= 4 is 11.6 Å². The molecule has 0 unspecified atom stereocenters. The van der Waals surface area contributed by atoms with E-state index < -0.39 is 0 Å². The average Bonchev–Trinajstić information content (AvgIpc) is 3.19. The lowest BCUT2D eigenvalue weighted by atomic mass is 10.3. The van der Waals surface area contributed by atoms with Gasteiger partial charge in [-0.05, 0) is 60.7 Å². The standard InChI is InChI=1S/C20H18FNO4/c21-15-4-8-17(9-5-15)24-13-2-14-25-18-10-6-16(7-11-18)22-20(23)19-3-1-12-26-19/h1,3-12H,2,13-14H2,(H,22,23). The van der Waals surface area contributed by atoms with E-state index in [2.05, 4.69) is 5.32 Å². The van der Waals surface area contributed by atoms with Gasteiger partial charge >= 0.3 is 0 Å². The van der Waals surface area contributed by atoms with E-state index >= 15 is 0 Å². The molecule has 0 spiro atoms. The van der Waals surface area contributed by atoms with Gasteiger partial charge in [-0.3, -0.25) is 4.79 Å². The molecule has 3 aromatic rings. The van der Waals surface area contributed by atoms with Gasteiger partial charge in [0.15, 0.2) is 5.76 Å². The van der Waals surface area contributed by atoms with Gasteiger partial charge in [0.1, 0.15) is 17.3 Å². The third kappa shape index (κ3) is 5.11. The number of anilines is 1. The Labute approximate surface area is 150 Å². The van der Waals surface area contributed by atoms with Crippen molar-refractivity contribution in [1.82, 2.24) is 0 Å². The van der Waals surface area contributed by atoms with E-state index in [1.54, 1.807) is 48.5 Å². The summed E-state index contributed by atoms with van der Waals surface area (Å²) in [5, 5.41) is 2.74. The quantitative estimate of drug-likeness (QED) is 0.604. The zero-order valence-corrected chi connectivity index (χ0v) is 14.0. The number of hydrogen-bond acceptors (Lipinski definition) is 4. The van der Waals surface area contributed by atoms with Crippen LogP contribution >= 0.6 is 0 Å². The average molecular weight is 355 g/mol. The monoisotopic (exact) mass is 355 g/mol. The van der Waals surface area contributed by atoms with E-state index in [1.165, 1.54) is 18.4 Å². The molecule has 1 aromatic heterocycles. The first-order valence-corrected chi connectivity index (χ1v) is 8.17. The van der Waals surface area contributed by atoms with Crippen molar-refractivity contribution in [2.45, 2.75) is 6.42 Å². The Hall–Kier alpha value is -3.28. The molecule has 0 aliphatic rings. The zero-order valence-electron chi connectivity index (χ0n) is 14.0. The lowest BCUT2D eigenvalue weighted by Crippen LogP contribution is -2.10. The van der Waals surface area contributed by atoms with E-state index in [-0.39, 0.29) is 17.5 Å². The molecule has 6 heteroatoms. The molecule has 0 aliphatic heterocycles. The third-order valence-electron chi connectivity index (χ3n) is 3.50. The molecule has 26 heavy (non-hydrogen) atoms. The number of furan rings is 1. The summed E-state index contributed by atoms with van der Waals surface area (Å²) in [6.07, 6.45) is 2.14. The molecular weight excluding hydrogens is 337 g/mol. The fourth-order valence-electron chi connectivity index (χ4n) is 2.20. The van der Waals surface area contributed by atoms with Crippen molar-refractivity contribution in [2.75, 3.05) is 18.5 Å². The van der Waals surface area contributed by atoms with Gasteiger partial charge in [-0.1, -0.05) is 0 Å². The predicted molar refractivity (Wildman–Crippen MR) is 95.1 cm³/mol. The molecule has 2 aromatic carbocycles. The Morgan fingerprint density at radius 1 is 0.923 bits per heavy atom. The van der Waals surface area contributed by atoms with Gasteiger partial charge in [0.05, 0.1) is 19.5 Å². The van der Waals surface area contributed by atoms with Gasteiger partial charge in [-0.2, -0.15) is 0 Å². The highest BCUT2D eigenvalue weighted by molar-refractivity contribution is 6.02. The fourth-order valence-corrected chi connectivity index (χ4v) is 2.20. The maximum Gasteiger partial charge on any atom is 0.291 e. The van der Waals surface area contributed by atoms with Gasteiger partial charge < -0.3 is 19.2 Å². The number of rotatable bonds is 8. The normalized spacial score (nSPS) is 10.3. The van der Waals surface area contributed by atoms with Crippen LogP contribution in [0, 0.1) is 5.82 Å². The van der Waals surface area contributed by atoms with Crippen LogP contribution in [0.25, 0.3) is 0 Å². The van der Waals surface area contributed by atoms with Gasteiger partial charge in [-0.15, -0.1) is 0 Å². The maximum absolute atomic E-state index is 12.8. The smallest absolute Gasteiger partial charge is 0.291 e. The van der Waals surface area contributed by atoms with E-state index in [0.717, 1.165) is 0 Å². The zero-order chi connectivity index (χ0) is 18.2. The molecule has 0 bridgehead atoms. The van der Waals surface area contributed by atoms with Crippen molar-refractivity contribution in [3.05, 3.63) is 78.5 Å². The number of amides is 1. The lowest BCUT2D eigenvalue weighted by Gasteiger charge is -2.09. The van der Waals surface area contributed by atoms with Gasteiger partial charge in [0.25, 0.3) is 5.91 Å². The highest BCUT2D eigenvalue weighted by Gasteiger charge is 2.08. The molecule has 1 amide bonds. The number of benzene rings is 2. The maximum atomic E-state index is 12.8. The van der Waals surface area contributed by atoms with Crippen LogP contribution in [0.2, 0.25) is 0 Å². The fraction of sp³-hybridized carbons (Fsp3) is 0.150. The minimum absolute atomic E-state index is 0.256. The molecule has 3 rings (SSSR count). The van der Waals surface area contributed by atoms with Crippen LogP contribution in [0.5, 0.6) is 11.5 Å². The second-order valence-electron chi connectivity index (χ2n) is 5.46. The summed E-state index contributed by atoms with van der Waals surface area (Å²) in [7, 11) is 0. The van der Waals surface area contributed by atoms with Gasteiger partial charge in [0, 0.05) is 12.1 Å². The second kappa shape index (κ2) is 8.71. The topological polar surface area (TPSA) is 60.7 Å². The molecule has 5 nitrogen and oxygen atoms in total. The van der Waals surface area contributed by atoms with Gasteiger partial charge in [-0.25, -0.2) is 4.39 Å². The first-order valence-electron chi connectivity index (χ1n) is 8.17. The summed E-state index contributed by atoms with van der Waals surface area (Å²) in [4.78, 5) is 11.9. The van der Waals surface area contributed by atoms with Crippen LogP contribution in [-0.4, -0.2) is 19.1 Å². The lowest BCUT2D eigenvalue weighted by molar-refractivity contribution is 0.0996. The number of halogens is 1. The molecular formula is C20H18FNO4. The molecule has 0 saturated heterocycles. The molecule has 1 N–H and O–H groups in total. The molecule has 0 fully saturated rings. The minimum atomic E-state index is -0.304. The van der Waals surface area contributed by atoms with Crippen molar-refractivity contribution in [3.63, 3.8) is 0 Å². The van der Waals surface area contributed by atoms with Crippen LogP contribution in [-0.2, 0) is 0 Å². The summed E-state index contributed by atoms with van der Waals surface area (Å²) in [5.41, 5.74) is 0.651. The second-order valence-corrected chi connectivity index (χ2v) is 5.46. The van der Waals surface area contributed by atoms with Crippen LogP contribution in [0.15, 0.2) is 71.3 Å². The predicted octanol–water partition coefficient (Wildman–Crippen LogP) is 4.52. The first kappa shape index (κ1) is 17.5. The Kier molecular flexibility index (Phi) is 5.88. The number of carbonyl (C=O) groups excluding carboxylic acids is 1. The third-order valence-corrected chi connectivity index (χ3v) is 3.50. The number of carbonyl (C=O) groups is 1. The van der Waals surface area contributed by atoms with Crippen molar-refractivity contribution in [1.29, 1.82) is 0 Å². The van der Waals surface area contributed by atoms with Crippen molar-refractivity contribution in [2.24, 2.45) is 0 Å². The van der Waals surface area contributed by atoms with Crippen molar-refractivity contribution in [3.8, 4) is 11.5 Å². The number of hydrogen-bond donors (Lipinski definition) is 1. The summed E-state index contributed by atoms with van der Waals surface area (Å²) in [6.45, 7) is 0.961. The summed E-state index contributed by atoms with van der Waals surface area (Å²) in [5.74, 6) is 0.989. The Morgan fingerprint density at radius 2 is 1.54 bits per heavy atom. The van der Waals surface area contributed by atoms with Crippen LogP contribution in [0.4, 0.5) is 10.1 Å². The SMILES string of the molecule is O=C(Nc1ccc(OCCCOc2ccc(F)cc2)cc1)c1ccco1. The van der Waals surface area contributed by atoms with E-state index in [1.807, 2.05) is 0 Å². The highest BCUT2D eigenvalue weighted by Crippen LogP contribution is 2.17. The molecule has 0 aliphatic carbocycles. The molecule has 1 heterocycles. The molecule has 0 atom stereocenters. The molecule has 0 saturated carbocycles. The molecule has 0 radical (unpaired) electrons. The summed E-state index contributed by atoms with van der Waals surface area (Å²) in [6, 6.07) is 16.2. The summed E-state index contributed by atoms with van der Waals surface area (Å²) < 4.78 is 28.9. The largest absolute Gasteiger partial charge is 0.493 e. The number of nitrogens with one attached hydrogen (secondary N) is 1. The van der Waals surface area contributed by atoms with Crippen LogP contribution in [0.1, 0.15) is 17.0 Å². The molecule has 134 valence electrons. The van der Waals surface area contributed by atoms with Crippen LogP contribution < -0.4 is 14.8 Å². The minimum Gasteiger partial charge on any atom is -0.493 e. The first-order chi connectivity index (χ1) is 12.7. The van der Waals surface area contributed by atoms with Crippen molar-refractivity contribution < 1.29 is 23.1 Å².